The van der Waals surface area contributed by atoms with Crippen LogP contribution in [0.15, 0.2) is 24.3 Å². The van der Waals surface area contributed by atoms with Crippen molar-refractivity contribution in [2.45, 2.75) is 26.0 Å². The van der Waals surface area contributed by atoms with E-state index in [2.05, 4.69) is 29.2 Å². The summed E-state index contributed by atoms with van der Waals surface area (Å²) in [6.45, 7) is 4.52. The van der Waals surface area contributed by atoms with Crippen molar-refractivity contribution in [1.29, 1.82) is 0 Å². The lowest BCUT2D eigenvalue weighted by Gasteiger charge is -2.30. The van der Waals surface area contributed by atoms with Crippen LogP contribution in [-0.4, -0.2) is 30.2 Å². The van der Waals surface area contributed by atoms with Gasteiger partial charge in [-0.3, -0.25) is 4.90 Å². The maximum atomic E-state index is 10.6. The molecule has 1 heterocycles. The number of carbonyl (C=O) groups excluding carboxylic acids is 1. The standard InChI is InChI=1S/C13H18N2O2/c1-10(17-13(14)16)8-15-7-6-11-4-2-3-5-12(11)9-15/h2-5,10H,6-9H2,1H3,(H2,14,16)/t10-/m1/s1. The Morgan fingerprint density at radius 2 is 2.18 bits per heavy atom. The third kappa shape index (κ3) is 3.20. The normalized spacial score (nSPS) is 17.2. The summed E-state index contributed by atoms with van der Waals surface area (Å²) < 4.78 is 4.94. The molecule has 4 nitrogen and oxygen atoms in total. The van der Waals surface area contributed by atoms with E-state index in [0.717, 1.165) is 26.1 Å². The second kappa shape index (κ2) is 5.19. The number of carbonyl (C=O) groups is 1. The molecule has 1 aromatic rings. The van der Waals surface area contributed by atoms with E-state index >= 15 is 0 Å². The number of fused-ring (bicyclic) bond motifs is 1. The minimum atomic E-state index is -0.699. The number of amides is 1. The topological polar surface area (TPSA) is 55.6 Å². The number of nitrogens with two attached hydrogens (primary N) is 1. The van der Waals surface area contributed by atoms with Gasteiger partial charge in [-0.05, 0) is 24.5 Å². The van der Waals surface area contributed by atoms with Crippen molar-refractivity contribution in [1.82, 2.24) is 4.90 Å². The van der Waals surface area contributed by atoms with Crippen LogP contribution >= 0.6 is 0 Å². The van der Waals surface area contributed by atoms with Crippen LogP contribution in [0, 0.1) is 0 Å². The van der Waals surface area contributed by atoms with Gasteiger partial charge in [0.2, 0.25) is 0 Å². The molecule has 1 atom stereocenters. The molecule has 0 aliphatic carbocycles. The molecule has 2 rings (SSSR count). The molecule has 2 N–H and O–H groups in total. The smallest absolute Gasteiger partial charge is 0.404 e. The molecule has 0 fully saturated rings. The first-order valence-electron chi connectivity index (χ1n) is 5.90. The summed E-state index contributed by atoms with van der Waals surface area (Å²) in [6.07, 6.45) is 0.201. The summed E-state index contributed by atoms with van der Waals surface area (Å²) in [6, 6.07) is 8.47. The molecule has 17 heavy (non-hydrogen) atoms. The first-order chi connectivity index (χ1) is 8.15. The van der Waals surface area contributed by atoms with Gasteiger partial charge in [-0.15, -0.1) is 0 Å². The van der Waals surface area contributed by atoms with E-state index in [1.807, 2.05) is 6.92 Å². The Kier molecular flexibility index (Phi) is 3.64. The predicted molar refractivity (Wildman–Crippen MR) is 65.6 cm³/mol. The minimum absolute atomic E-state index is 0.155. The predicted octanol–water partition coefficient (Wildman–Crippen LogP) is 1.53. The molecule has 0 unspecified atom stereocenters. The third-order valence-electron chi connectivity index (χ3n) is 3.04. The lowest BCUT2D eigenvalue weighted by molar-refractivity contribution is 0.0825. The van der Waals surface area contributed by atoms with Crippen LogP contribution in [-0.2, 0) is 17.7 Å². The van der Waals surface area contributed by atoms with Gasteiger partial charge in [-0.25, -0.2) is 4.79 Å². The molecule has 1 amide bonds. The van der Waals surface area contributed by atoms with Crippen molar-refractivity contribution < 1.29 is 9.53 Å². The van der Waals surface area contributed by atoms with Gasteiger partial charge in [0.1, 0.15) is 6.10 Å². The number of hydrogen-bond acceptors (Lipinski definition) is 3. The molecule has 1 aromatic carbocycles. The summed E-state index contributed by atoms with van der Waals surface area (Å²) in [7, 11) is 0. The van der Waals surface area contributed by atoms with Crippen LogP contribution in [0.5, 0.6) is 0 Å². The van der Waals surface area contributed by atoms with Gasteiger partial charge in [0, 0.05) is 19.6 Å². The monoisotopic (exact) mass is 234 g/mol. The van der Waals surface area contributed by atoms with E-state index in [1.165, 1.54) is 11.1 Å². The zero-order chi connectivity index (χ0) is 12.3. The van der Waals surface area contributed by atoms with Crippen LogP contribution in [0.2, 0.25) is 0 Å². The van der Waals surface area contributed by atoms with E-state index in [-0.39, 0.29) is 6.10 Å². The molecule has 1 aliphatic rings. The number of hydrogen-bond donors (Lipinski definition) is 1. The Morgan fingerprint density at radius 3 is 2.88 bits per heavy atom. The summed E-state index contributed by atoms with van der Waals surface area (Å²) in [5.74, 6) is 0. The van der Waals surface area contributed by atoms with Gasteiger partial charge in [-0.1, -0.05) is 24.3 Å². The van der Waals surface area contributed by atoms with Crippen molar-refractivity contribution in [3.05, 3.63) is 35.4 Å². The van der Waals surface area contributed by atoms with Gasteiger partial charge < -0.3 is 10.5 Å². The molecule has 92 valence electrons. The Bertz CT molecular complexity index is 406. The Morgan fingerprint density at radius 1 is 1.47 bits per heavy atom. The molecular formula is C13H18N2O2. The molecule has 0 radical (unpaired) electrons. The fraction of sp³-hybridized carbons (Fsp3) is 0.462. The fourth-order valence-corrected chi connectivity index (χ4v) is 2.31. The fourth-order valence-electron chi connectivity index (χ4n) is 2.31. The van der Waals surface area contributed by atoms with E-state index in [9.17, 15) is 4.79 Å². The largest absolute Gasteiger partial charge is 0.445 e. The van der Waals surface area contributed by atoms with Gasteiger partial charge in [0.05, 0.1) is 0 Å². The van der Waals surface area contributed by atoms with Gasteiger partial charge in [0.15, 0.2) is 0 Å². The molecular weight excluding hydrogens is 216 g/mol. The van der Waals surface area contributed by atoms with Gasteiger partial charge >= 0.3 is 6.09 Å². The molecule has 1 aliphatic heterocycles. The Labute approximate surface area is 101 Å². The molecule has 0 aromatic heterocycles. The minimum Gasteiger partial charge on any atom is -0.445 e. The van der Waals surface area contributed by atoms with E-state index in [0.29, 0.717) is 0 Å². The summed E-state index contributed by atoms with van der Waals surface area (Å²) >= 11 is 0. The van der Waals surface area contributed by atoms with Gasteiger partial charge in [-0.2, -0.15) is 0 Å². The molecule has 0 bridgehead atoms. The van der Waals surface area contributed by atoms with Gasteiger partial charge in [0.25, 0.3) is 0 Å². The Balaban J connectivity index is 1.92. The number of rotatable bonds is 3. The quantitative estimate of drug-likeness (QED) is 0.862. The highest BCUT2D eigenvalue weighted by molar-refractivity contribution is 5.64. The summed E-state index contributed by atoms with van der Waals surface area (Å²) in [5.41, 5.74) is 7.78. The maximum Gasteiger partial charge on any atom is 0.404 e. The number of ether oxygens (including phenoxy) is 1. The second-order valence-electron chi connectivity index (χ2n) is 4.50. The second-order valence-corrected chi connectivity index (χ2v) is 4.50. The molecule has 0 saturated carbocycles. The van der Waals surface area contributed by atoms with Crippen molar-refractivity contribution >= 4 is 6.09 Å². The molecule has 0 saturated heterocycles. The van der Waals surface area contributed by atoms with Crippen LogP contribution in [0.4, 0.5) is 4.79 Å². The first kappa shape index (κ1) is 11.9. The van der Waals surface area contributed by atoms with Crippen molar-refractivity contribution in [3.8, 4) is 0 Å². The SMILES string of the molecule is C[C@H](CN1CCc2ccccc2C1)OC(N)=O. The van der Waals surface area contributed by atoms with E-state index in [1.54, 1.807) is 0 Å². The highest BCUT2D eigenvalue weighted by Crippen LogP contribution is 2.18. The van der Waals surface area contributed by atoms with Crippen LogP contribution in [0.3, 0.4) is 0 Å². The average Bonchev–Trinajstić information content (AvgIpc) is 2.27. The third-order valence-corrected chi connectivity index (χ3v) is 3.04. The highest BCUT2D eigenvalue weighted by Gasteiger charge is 2.18. The van der Waals surface area contributed by atoms with Crippen LogP contribution < -0.4 is 5.73 Å². The van der Waals surface area contributed by atoms with Crippen molar-refractivity contribution in [2.75, 3.05) is 13.1 Å². The van der Waals surface area contributed by atoms with E-state index in [4.69, 9.17) is 10.5 Å². The van der Waals surface area contributed by atoms with Crippen molar-refractivity contribution in [2.24, 2.45) is 5.73 Å². The highest BCUT2D eigenvalue weighted by atomic mass is 16.6. The summed E-state index contributed by atoms with van der Waals surface area (Å²) in [5, 5.41) is 0. The van der Waals surface area contributed by atoms with Crippen LogP contribution in [0.1, 0.15) is 18.1 Å². The summed E-state index contributed by atoms with van der Waals surface area (Å²) in [4.78, 5) is 12.9. The zero-order valence-electron chi connectivity index (χ0n) is 10.1. The average molecular weight is 234 g/mol. The number of nitrogens with zero attached hydrogens (tertiary/aromatic N) is 1. The molecule has 0 spiro atoms. The van der Waals surface area contributed by atoms with Crippen molar-refractivity contribution in [3.63, 3.8) is 0 Å². The number of primary amides is 1. The zero-order valence-corrected chi connectivity index (χ0v) is 10.1. The lowest BCUT2D eigenvalue weighted by Crippen LogP contribution is -2.38. The number of benzene rings is 1. The molecule has 4 heteroatoms. The first-order valence-corrected chi connectivity index (χ1v) is 5.90. The van der Waals surface area contributed by atoms with Crippen LogP contribution in [0.25, 0.3) is 0 Å². The maximum absolute atomic E-state index is 10.6. The Hall–Kier alpha value is -1.55. The van der Waals surface area contributed by atoms with E-state index < -0.39 is 6.09 Å². The lowest BCUT2D eigenvalue weighted by atomic mass is 10.00.